The van der Waals surface area contributed by atoms with E-state index >= 15 is 0 Å². The van der Waals surface area contributed by atoms with Gasteiger partial charge < -0.3 is 10.0 Å². The first-order chi connectivity index (χ1) is 8.54. The molecule has 2 rings (SSSR count). The van der Waals surface area contributed by atoms with Gasteiger partial charge in [-0.15, -0.1) is 0 Å². The molecule has 1 aromatic rings. The van der Waals surface area contributed by atoms with Crippen LogP contribution in [0.1, 0.15) is 16.8 Å². The van der Waals surface area contributed by atoms with Crippen LogP contribution in [-0.4, -0.2) is 28.9 Å². The molecule has 1 saturated heterocycles. The van der Waals surface area contributed by atoms with Gasteiger partial charge in [0.2, 0.25) is 5.91 Å². The minimum Gasteiger partial charge on any atom is -0.478 e. The van der Waals surface area contributed by atoms with E-state index in [9.17, 15) is 14.0 Å². The highest BCUT2D eigenvalue weighted by molar-refractivity contribution is 9.09. The number of halogens is 2. The average Bonchev–Trinajstić information content (AvgIpc) is 2.70. The Balaban J connectivity index is 2.37. The molecule has 6 heteroatoms. The van der Waals surface area contributed by atoms with Gasteiger partial charge in [0.25, 0.3) is 0 Å². The van der Waals surface area contributed by atoms with Gasteiger partial charge in [0.05, 0.1) is 11.3 Å². The van der Waals surface area contributed by atoms with Gasteiger partial charge in [0, 0.05) is 18.3 Å². The molecule has 0 aromatic heterocycles. The van der Waals surface area contributed by atoms with Crippen LogP contribution in [0.5, 0.6) is 0 Å². The summed E-state index contributed by atoms with van der Waals surface area (Å²) in [6, 6.07) is 4.05. The van der Waals surface area contributed by atoms with E-state index in [1.165, 1.54) is 23.1 Å². The van der Waals surface area contributed by atoms with Gasteiger partial charge in [0.1, 0.15) is 0 Å². The summed E-state index contributed by atoms with van der Waals surface area (Å²) in [6.07, 6.45) is 0.349. The summed E-state index contributed by atoms with van der Waals surface area (Å²) < 4.78 is 14.0. The second-order valence-electron chi connectivity index (χ2n) is 4.17. The SMILES string of the molecule is O=C(O)c1cccc(N2CC(CBr)CC2=O)c1F. The minimum atomic E-state index is -1.34. The molecule has 1 aliphatic rings. The van der Waals surface area contributed by atoms with E-state index < -0.39 is 17.3 Å². The number of anilines is 1. The number of alkyl halides is 1. The van der Waals surface area contributed by atoms with Crippen LogP contribution in [0.25, 0.3) is 0 Å². The summed E-state index contributed by atoms with van der Waals surface area (Å²) >= 11 is 3.29. The molecule has 0 bridgehead atoms. The molecule has 96 valence electrons. The molecule has 1 fully saturated rings. The topological polar surface area (TPSA) is 57.6 Å². The van der Waals surface area contributed by atoms with Crippen LogP contribution in [0, 0.1) is 11.7 Å². The molecule has 1 aromatic carbocycles. The Morgan fingerprint density at radius 2 is 2.28 bits per heavy atom. The largest absolute Gasteiger partial charge is 0.478 e. The number of benzene rings is 1. The van der Waals surface area contributed by atoms with Crippen molar-refractivity contribution in [2.75, 3.05) is 16.8 Å². The molecule has 0 aliphatic carbocycles. The van der Waals surface area contributed by atoms with E-state index in [1.54, 1.807) is 0 Å². The van der Waals surface area contributed by atoms with E-state index in [1.807, 2.05) is 0 Å². The van der Waals surface area contributed by atoms with Crippen molar-refractivity contribution in [2.45, 2.75) is 6.42 Å². The molecule has 1 amide bonds. The lowest BCUT2D eigenvalue weighted by atomic mass is 10.1. The number of nitrogens with zero attached hydrogens (tertiary/aromatic N) is 1. The summed E-state index contributed by atoms with van der Waals surface area (Å²) in [4.78, 5) is 23.9. The number of aromatic carboxylic acids is 1. The standard InChI is InChI=1S/C12H11BrFNO3/c13-5-7-4-10(16)15(6-7)9-3-1-2-8(11(9)14)12(17)18/h1-3,7H,4-6H2,(H,17,18). The fourth-order valence-electron chi connectivity index (χ4n) is 2.01. The molecule has 18 heavy (non-hydrogen) atoms. The number of amides is 1. The van der Waals surface area contributed by atoms with Gasteiger partial charge in [-0.3, -0.25) is 4.79 Å². The minimum absolute atomic E-state index is 0.0448. The first kappa shape index (κ1) is 13.0. The summed E-state index contributed by atoms with van der Waals surface area (Å²) in [7, 11) is 0. The van der Waals surface area contributed by atoms with Crippen molar-refractivity contribution in [3.05, 3.63) is 29.6 Å². The molecule has 1 N–H and O–H groups in total. The highest BCUT2D eigenvalue weighted by Gasteiger charge is 2.32. The van der Waals surface area contributed by atoms with Crippen LogP contribution >= 0.6 is 15.9 Å². The Labute approximate surface area is 112 Å². The van der Waals surface area contributed by atoms with Crippen LogP contribution in [-0.2, 0) is 4.79 Å². The lowest BCUT2D eigenvalue weighted by Crippen LogP contribution is -2.26. The lowest BCUT2D eigenvalue weighted by molar-refractivity contribution is -0.117. The third-order valence-electron chi connectivity index (χ3n) is 2.92. The van der Waals surface area contributed by atoms with E-state index in [2.05, 4.69) is 15.9 Å². The van der Waals surface area contributed by atoms with Crippen LogP contribution in [0.3, 0.4) is 0 Å². The highest BCUT2D eigenvalue weighted by atomic mass is 79.9. The van der Waals surface area contributed by atoms with Crippen molar-refractivity contribution >= 4 is 33.5 Å². The Kier molecular flexibility index (Phi) is 3.65. The van der Waals surface area contributed by atoms with Crippen molar-refractivity contribution in [1.82, 2.24) is 0 Å². The van der Waals surface area contributed by atoms with Crippen LogP contribution < -0.4 is 4.90 Å². The third kappa shape index (κ3) is 2.25. The average molecular weight is 316 g/mol. The number of hydrogen-bond donors (Lipinski definition) is 1. The molecule has 0 spiro atoms. The second-order valence-corrected chi connectivity index (χ2v) is 4.82. The van der Waals surface area contributed by atoms with E-state index in [4.69, 9.17) is 5.11 Å². The number of carbonyl (C=O) groups excluding carboxylic acids is 1. The summed E-state index contributed by atoms with van der Waals surface area (Å²) in [5, 5.41) is 9.51. The predicted octanol–water partition coefficient (Wildman–Crippen LogP) is 2.27. The van der Waals surface area contributed by atoms with Gasteiger partial charge in [0.15, 0.2) is 5.82 Å². The molecule has 0 radical (unpaired) electrons. The van der Waals surface area contributed by atoms with Crippen molar-refractivity contribution in [3.63, 3.8) is 0 Å². The van der Waals surface area contributed by atoms with Crippen molar-refractivity contribution in [3.8, 4) is 0 Å². The number of carbonyl (C=O) groups is 2. The first-order valence-electron chi connectivity index (χ1n) is 5.42. The van der Waals surface area contributed by atoms with Crippen molar-refractivity contribution in [1.29, 1.82) is 0 Å². The normalized spacial score (nSPS) is 19.3. The number of rotatable bonds is 3. The van der Waals surface area contributed by atoms with Crippen molar-refractivity contribution < 1.29 is 19.1 Å². The zero-order valence-corrected chi connectivity index (χ0v) is 11.0. The molecule has 4 nitrogen and oxygen atoms in total. The molecular weight excluding hydrogens is 305 g/mol. The summed E-state index contributed by atoms with van der Waals surface area (Å²) in [5.74, 6) is -2.24. The molecule has 1 heterocycles. The molecule has 1 atom stereocenters. The number of hydrogen-bond acceptors (Lipinski definition) is 2. The zero-order valence-electron chi connectivity index (χ0n) is 9.40. The number of carboxylic acids is 1. The Morgan fingerprint density at radius 3 is 2.83 bits per heavy atom. The first-order valence-corrected chi connectivity index (χ1v) is 6.55. The maximum Gasteiger partial charge on any atom is 0.338 e. The maximum atomic E-state index is 14.0. The Morgan fingerprint density at radius 1 is 1.56 bits per heavy atom. The molecule has 0 saturated carbocycles. The fourth-order valence-corrected chi connectivity index (χ4v) is 2.44. The third-order valence-corrected chi connectivity index (χ3v) is 3.84. The smallest absolute Gasteiger partial charge is 0.338 e. The number of carboxylic acid groups (broad SMARTS) is 1. The molecular formula is C12H11BrFNO3. The highest BCUT2D eigenvalue weighted by Crippen LogP contribution is 2.29. The van der Waals surface area contributed by atoms with E-state index in [0.717, 1.165) is 0 Å². The van der Waals surface area contributed by atoms with Gasteiger partial charge in [-0.2, -0.15) is 0 Å². The summed E-state index contributed by atoms with van der Waals surface area (Å²) in [6.45, 7) is 0.407. The van der Waals surface area contributed by atoms with Gasteiger partial charge in [-0.25, -0.2) is 9.18 Å². The fraction of sp³-hybridized carbons (Fsp3) is 0.333. The van der Waals surface area contributed by atoms with E-state index in [0.29, 0.717) is 18.3 Å². The summed E-state index contributed by atoms with van der Waals surface area (Å²) in [5.41, 5.74) is -0.369. The van der Waals surface area contributed by atoms with E-state index in [-0.39, 0.29) is 17.5 Å². The van der Waals surface area contributed by atoms with Gasteiger partial charge >= 0.3 is 5.97 Å². The zero-order chi connectivity index (χ0) is 13.3. The van der Waals surface area contributed by atoms with Crippen molar-refractivity contribution in [2.24, 2.45) is 5.92 Å². The van der Waals surface area contributed by atoms with Crippen LogP contribution in [0.4, 0.5) is 10.1 Å². The second kappa shape index (κ2) is 5.06. The molecule has 1 unspecified atom stereocenters. The van der Waals surface area contributed by atoms with Gasteiger partial charge in [-0.1, -0.05) is 22.0 Å². The lowest BCUT2D eigenvalue weighted by Gasteiger charge is -2.17. The van der Waals surface area contributed by atoms with Gasteiger partial charge in [-0.05, 0) is 18.1 Å². The van der Waals surface area contributed by atoms with Crippen LogP contribution in [0.2, 0.25) is 0 Å². The monoisotopic (exact) mass is 315 g/mol. The Bertz CT molecular complexity index is 506. The predicted molar refractivity (Wildman–Crippen MR) is 67.6 cm³/mol. The van der Waals surface area contributed by atoms with Crippen LogP contribution in [0.15, 0.2) is 18.2 Å². The Hall–Kier alpha value is -1.43. The maximum absolute atomic E-state index is 14.0. The molecule has 1 aliphatic heterocycles. The quantitative estimate of drug-likeness (QED) is 0.870.